The zero-order valence-electron chi connectivity index (χ0n) is 18.8. The first-order valence-electron chi connectivity index (χ1n) is 10.4. The van der Waals surface area contributed by atoms with Crippen LogP contribution in [0, 0.1) is 10.1 Å². The number of alkyl halides is 1. The number of rotatable bonds is 8. The summed E-state index contributed by atoms with van der Waals surface area (Å²) in [5.41, 5.74) is 1.66. The molecule has 0 amide bonds. The van der Waals surface area contributed by atoms with Gasteiger partial charge < -0.3 is 9.47 Å². The molecule has 35 heavy (non-hydrogen) atoms. The monoisotopic (exact) mass is 556 g/mol. The number of aromatic nitrogens is 1. The van der Waals surface area contributed by atoms with Crippen LogP contribution < -0.4 is 9.47 Å². The number of ether oxygens (including phenoxy) is 2. The molecular weight excluding hydrogens is 536 g/mol. The SMILES string of the molecule is COc1cc(/C=C/c2c(CBr)c3ccccc3n2S(=O)(=O)c2ccccc2)c([N+](=O)[O-])cc1OC. The average Bonchev–Trinajstić information content (AvgIpc) is 3.21. The van der Waals surface area contributed by atoms with Crippen LogP contribution in [0.2, 0.25) is 0 Å². The number of fused-ring (bicyclic) bond motifs is 1. The standard InChI is InChI=1S/C25H21BrN2O6S/c1-33-24-14-17(23(28(29)30)15-25(24)34-2)12-13-22-20(16-26)19-10-6-7-11-21(19)27(22)35(31,32)18-8-4-3-5-9-18/h3-15H,16H2,1-2H3/b13-12+. The Morgan fingerprint density at radius 2 is 1.60 bits per heavy atom. The Bertz CT molecular complexity index is 1550. The third kappa shape index (κ3) is 4.42. The number of nitro groups is 1. The molecule has 0 bridgehead atoms. The van der Waals surface area contributed by atoms with Gasteiger partial charge >= 0.3 is 0 Å². The summed E-state index contributed by atoms with van der Waals surface area (Å²) in [6, 6.07) is 18.1. The summed E-state index contributed by atoms with van der Waals surface area (Å²) in [4.78, 5) is 11.4. The van der Waals surface area contributed by atoms with Gasteiger partial charge in [-0.2, -0.15) is 0 Å². The molecular formula is C25H21BrN2O6S. The van der Waals surface area contributed by atoms with E-state index in [2.05, 4.69) is 15.9 Å². The fraction of sp³-hybridized carbons (Fsp3) is 0.120. The van der Waals surface area contributed by atoms with E-state index < -0.39 is 14.9 Å². The van der Waals surface area contributed by atoms with Gasteiger partial charge in [-0.1, -0.05) is 52.3 Å². The van der Waals surface area contributed by atoms with Crippen LogP contribution in [0.4, 0.5) is 5.69 Å². The molecule has 0 aliphatic heterocycles. The lowest BCUT2D eigenvalue weighted by Crippen LogP contribution is -2.14. The van der Waals surface area contributed by atoms with E-state index >= 15 is 0 Å². The van der Waals surface area contributed by atoms with Crippen LogP contribution in [0.5, 0.6) is 11.5 Å². The maximum absolute atomic E-state index is 13.7. The van der Waals surface area contributed by atoms with Crippen molar-refractivity contribution in [2.24, 2.45) is 0 Å². The predicted octanol–water partition coefficient (Wildman–Crippen LogP) is 5.87. The average molecular weight is 557 g/mol. The summed E-state index contributed by atoms with van der Waals surface area (Å²) >= 11 is 3.48. The van der Waals surface area contributed by atoms with E-state index in [1.165, 1.54) is 48.5 Å². The van der Waals surface area contributed by atoms with Crippen LogP contribution in [0.15, 0.2) is 71.6 Å². The Hall–Kier alpha value is -3.63. The van der Waals surface area contributed by atoms with Crippen molar-refractivity contribution in [1.82, 2.24) is 3.97 Å². The van der Waals surface area contributed by atoms with Gasteiger partial charge in [-0.3, -0.25) is 10.1 Å². The summed E-state index contributed by atoms with van der Waals surface area (Å²) < 4.78 is 39.2. The molecule has 0 saturated carbocycles. The number of methoxy groups -OCH3 is 2. The first-order chi connectivity index (χ1) is 16.8. The number of benzene rings is 3. The third-order valence-electron chi connectivity index (χ3n) is 5.54. The van der Waals surface area contributed by atoms with Gasteiger partial charge in [-0.15, -0.1) is 0 Å². The minimum Gasteiger partial charge on any atom is -0.493 e. The van der Waals surface area contributed by atoms with Gasteiger partial charge in [0, 0.05) is 10.7 Å². The number of hydrogen-bond acceptors (Lipinski definition) is 6. The minimum absolute atomic E-state index is 0.133. The van der Waals surface area contributed by atoms with Crippen LogP contribution in [0.25, 0.3) is 23.1 Å². The normalized spacial score (nSPS) is 11.7. The zero-order valence-corrected chi connectivity index (χ0v) is 21.2. The second-order valence-electron chi connectivity index (χ2n) is 7.45. The van der Waals surface area contributed by atoms with Crippen LogP contribution in [-0.4, -0.2) is 31.5 Å². The molecule has 3 aromatic carbocycles. The molecule has 4 aromatic rings. The summed E-state index contributed by atoms with van der Waals surface area (Å²) in [6.07, 6.45) is 3.09. The molecule has 0 aliphatic rings. The molecule has 0 spiro atoms. The lowest BCUT2D eigenvalue weighted by Gasteiger charge is -2.11. The van der Waals surface area contributed by atoms with E-state index in [0.29, 0.717) is 22.3 Å². The highest BCUT2D eigenvalue weighted by Crippen LogP contribution is 2.37. The van der Waals surface area contributed by atoms with E-state index in [-0.39, 0.29) is 21.9 Å². The van der Waals surface area contributed by atoms with Crippen molar-refractivity contribution in [2.75, 3.05) is 14.2 Å². The fourth-order valence-corrected chi connectivity index (χ4v) is 6.06. The topological polar surface area (TPSA) is 101 Å². The van der Waals surface area contributed by atoms with Gasteiger partial charge in [0.25, 0.3) is 15.7 Å². The van der Waals surface area contributed by atoms with Crippen molar-refractivity contribution in [3.63, 3.8) is 0 Å². The molecule has 10 heteroatoms. The Balaban J connectivity index is 2.00. The first-order valence-corrected chi connectivity index (χ1v) is 13.0. The molecule has 0 atom stereocenters. The van der Waals surface area contributed by atoms with Crippen molar-refractivity contribution in [2.45, 2.75) is 10.2 Å². The number of nitrogens with zero attached hydrogens (tertiary/aromatic N) is 2. The maximum Gasteiger partial charge on any atom is 0.280 e. The molecule has 0 radical (unpaired) electrons. The van der Waals surface area contributed by atoms with E-state index in [9.17, 15) is 18.5 Å². The van der Waals surface area contributed by atoms with Crippen molar-refractivity contribution < 1.29 is 22.8 Å². The number of nitro benzene ring substituents is 1. The highest BCUT2D eigenvalue weighted by atomic mass is 79.9. The van der Waals surface area contributed by atoms with Crippen LogP contribution in [0.3, 0.4) is 0 Å². The summed E-state index contributed by atoms with van der Waals surface area (Å²) in [5, 5.41) is 12.9. The molecule has 0 unspecified atom stereocenters. The zero-order chi connectivity index (χ0) is 25.2. The Labute approximate surface area is 210 Å². The molecule has 0 aliphatic carbocycles. The molecule has 0 fully saturated rings. The lowest BCUT2D eigenvalue weighted by atomic mass is 10.1. The Morgan fingerprint density at radius 3 is 2.23 bits per heavy atom. The quantitative estimate of drug-likeness (QED) is 0.153. The van der Waals surface area contributed by atoms with Crippen molar-refractivity contribution in [3.8, 4) is 11.5 Å². The third-order valence-corrected chi connectivity index (χ3v) is 7.84. The largest absolute Gasteiger partial charge is 0.493 e. The molecule has 8 nitrogen and oxygen atoms in total. The number of halogens is 1. The van der Waals surface area contributed by atoms with Crippen molar-refractivity contribution >= 4 is 54.7 Å². The van der Waals surface area contributed by atoms with E-state index in [1.807, 2.05) is 12.1 Å². The summed E-state index contributed by atoms with van der Waals surface area (Å²) in [5.74, 6) is 0.536. The van der Waals surface area contributed by atoms with Gasteiger partial charge in [-0.05, 0) is 42.0 Å². The Kier molecular flexibility index (Phi) is 6.95. The van der Waals surface area contributed by atoms with E-state index in [4.69, 9.17) is 9.47 Å². The summed E-state index contributed by atoms with van der Waals surface area (Å²) in [7, 11) is -1.14. The number of para-hydroxylation sites is 1. The van der Waals surface area contributed by atoms with Crippen LogP contribution >= 0.6 is 15.9 Å². The Morgan fingerprint density at radius 1 is 0.971 bits per heavy atom. The van der Waals surface area contributed by atoms with Crippen molar-refractivity contribution in [1.29, 1.82) is 0 Å². The predicted molar refractivity (Wildman–Crippen MR) is 139 cm³/mol. The van der Waals surface area contributed by atoms with Gasteiger partial charge in [-0.25, -0.2) is 12.4 Å². The van der Waals surface area contributed by atoms with Gasteiger partial charge in [0.05, 0.1) is 46.9 Å². The molecule has 180 valence electrons. The minimum atomic E-state index is -3.97. The van der Waals surface area contributed by atoms with E-state index in [1.54, 1.807) is 36.4 Å². The fourth-order valence-electron chi connectivity index (χ4n) is 3.91. The van der Waals surface area contributed by atoms with Gasteiger partial charge in [0.2, 0.25) is 0 Å². The first kappa shape index (κ1) is 24.5. The lowest BCUT2D eigenvalue weighted by molar-refractivity contribution is -0.385. The second kappa shape index (κ2) is 9.93. The molecule has 1 heterocycles. The highest BCUT2D eigenvalue weighted by molar-refractivity contribution is 9.08. The highest BCUT2D eigenvalue weighted by Gasteiger charge is 2.26. The van der Waals surface area contributed by atoms with Crippen LogP contribution in [-0.2, 0) is 15.4 Å². The summed E-state index contributed by atoms with van der Waals surface area (Å²) in [6.45, 7) is 0. The van der Waals surface area contributed by atoms with E-state index in [0.717, 1.165) is 10.9 Å². The smallest absolute Gasteiger partial charge is 0.280 e. The van der Waals surface area contributed by atoms with Gasteiger partial charge in [0.15, 0.2) is 11.5 Å². The molecule has 1 aromatic heterocycles. The molecule has 0 N–H and O–H groups in total. The number of hydrogen-bond donors (Lipinski definition) is 0. The van der Waals surface area contributed by atoms with Crippen molar-refractivity contribution in [3.05, 3.63) is 93.7 Å². The second-order valence-corrected chi connectivity index (χ2v) is 9.80. The van der Waals surface area contributed by atoms with Crippen LogP contribution in [0.1, 0.15) is 16.8 Å². The van der Waals surface area contributed by atoms with Gasteiger partial charge in [0.1, 0.15) is 0 Å². The molecule has 4 rings (SSSR count). The molecule has 0 saturated heterocycles. The maximum atomic E-state index is 13.7.